The van der Waals surface area contributed by atoms with Crippen molar-refractivity contribution < 1.29 is 9.53 Å². The molecule has 0 bridgehead atoms. The minimum Gasteiger partial charge on any atom is -0.453 e. The second kappa shape index (κ2) is 7.06. The number of amides is 1. The third-order valence-corrected chi connectivity index (χ3v) is 3.90. The van der Waals surface area contributed by atoms with Crippen molar-refractivity contribution in [2.24, 2.45) is 0 Å². The highest BCUT2D eigenvalue weighted by Gasteiger charge is 2.11. The van der Waals surface area contributed by atoms with Gasteiger partial charge in [-0.2, -0.15) is 0 Å². The van der Waals surface area contributed by atoms with Gasteiger partial charge >= 0.3 is 6.01 Å². The summed E-state index contributed by atoms with van der Waals surface area (Å²) in [6.45, 7) is -0.154. The molecule has 2 aromatic carbocycles. The number of nitrogens with zero attached hydrogens (tertiary/aromatic N) is 3. The molecule has 4 rings (SSSR count). The number of hydrogen-bond acceptors (Lipinski definition) is 4. The molecule has 6 nitrogen and oxygen atoms in total. The van der Waals surface area contributed by atoms with E-state index < -0.39 is 0 Å². The molecule has 1 amide bonds. The minimum absolute atomic E-state index is 0.154. The van der Waals surface area contributed by atoms with E-state index in [9.17, 15) is 4.79 Å². The van der Waals surface area contributed by atoms with Gasteiger partial charge in [0.05, 0.1) is 0 Å². The molecule has 6 heteroatoms. The molecule has 0 atom stereocenters. The van der Waals surface area contributed by atoms with Gasteiger partial charge in [0, 0.05) is 17.4 Å². The molecule has 0 aliphatic rings. The highest BCUT2D eigenvalue weighted by molar-refractivity contribution is 5.96. The fourth-order valence-corrected chi connectivity index (χ4v) is 2.70. The van der Waals surface area contributed by atoms with E-state index in [1.807, 2.05) is 72.8 Å². The number of rotatable bonds is 5. The van der Waals surface area contributed by atoms with Crippen LogP contribution in [0.15, 0.2) is 79.0 Å². The monoisotopic (exact) mass is 344 g/mol. The van der Waals surface area contributed by atoms with Gasteiger partial charge in [-0.15, -0.1) is 5.10 Å². The van der Waals surface area contributed by atoms with Gasteiger partial charge < -0.3 is 10.1 Å². The molecule has 128 valence electrons. The number of carbonyl (C=O) groups excluding carboxylic acids is 1. The van der Waals surface area contributed by atoms with Crippen molar-refractivity contribution in [1.29, 1.82) is 0 Å². The van der Waals surface area contributed by atoms with Crippen LogP contribution in [0.25, 0.3) is 16.8 Å². The fraction of sp³-hybridized carbons (Fsp3) is 0.0500. The topological polar surface area (TPSA) is 68.5 Å². The van der Waals surface area contributed by atoms with E-state index in [0.717, 1.165) is 16.8 Å². The molecule has 0 spiro atoms. The Morgan fingerprint density at radius 1 is 0.923 bits per heavy atom. The lowest BCUT2D eigenvalue weighted by Gasteiger charge is -2.11. The first-order chi connectivity index (χ1) is 12.8. The Kier molecular flexibility index (Phi) is 4.30. The Morgan fingerprint density at radius 3 is 2.58 bits per heavy atom. The molecule has 0 radical (unpaired) electrons. The Labute approximate surface area is 150 Å². The number of ether oxygens (including phenoxy) is 1. The smallest absolute Gasteiger partial charge is 0.322 e. The number of carbonyl (C=O) groups is 1. The van der Waals surface area contributed by atoms with Gasteiger partial charge in [0.15, 0.2) is 12.3 Å². The molecule has 0 aliphatic heterocycles. The Hall–Kier alpha value is -3.67. The minimum atomic E-state index is -0.263. The normalized spacial score (nSPS) is 10.6. The second-order valence-corrected chi connectivity index (χ2v) is 5.66. The van der Waals surface area contributed by atoms with Crippen LogP contribution in [0.3, 0.4) is 0 Å². The van der Waals surface area contributed by atoms with Crippen molar-refractivity contribution in [2.45, 2.75) is 0 Å². The van der Waals surface area contributed by atoms with Crippen molar-refractivity contribution in [3.63, 3.8) is 0 Å². The van der Waals surface area contributed by atoms with Crippen LogP contribution in [0, 0.1) is 0 Å². The molecule has 0 unspecified atom stereocenters. The summed E-state index contributed by atoms with van der Waals surface area (Å²) < 4.78 is 7.20. The van der Waals surface area contributed by atoms with E-state index >= 15 is 0 Å². The molecule has 0 saturated heterocycles. The quantitative estimate of drug-likeness (QED) is 0.602. The third kappa shape index (κ3) is 3.25. The highest BCUT2D eigenvalue weighted by atomic mass is 16.5. The molecule has 2 aromatic heterocycles. The number of nitrogens with one attached hydrogen (secondary N) is 1. The molecule has 1 N–H and O–H groups in total. The van der Waals surface area contributed by atoms with Crippen LogP contribution >= 0.6 is 0 Å². The van der Waals surface area contributed by atoms with Crippen molar-refractivity contribution in [3.8, 4) is 17.1 Å². The molecule has 26 heavy (non-hydrogen) atoms. The Balaban J connectivity index is 1.47. The van der Waals surface area contributed by atoms with Crippen molar-refractivity contribution in [2.75, 3.05) is 11.9 Å². The van der Waals surface area contributed by atoms with E-state index in [4.69, 9.17) is 4.74 Å². The molecule has 0 aliphatic carbocycles. The lowest BCUT2D eigenvalue weighted by atomic mass is 10.0. The molecular formula is C20H16N4O2. The summed E-state index contributed by atoms with van der Waals surface area (Å²) in [5, 5.41) is 10.8. The summed E-state index contributed by atoms with van der Waals surface area (Å²) in [6.07, 6.45) is 1.78. The average Bonchev–Trinajstić information content (AvgIpc) is 3.11. The summed E-state index contributed by atoms with van der Waals surface area (Å²) >= 11 is 0. The van der Waals surface area contributed by atoms with Crippen molar-refractivity contribution >= 4 is 17.2 Å². The van der Waals surface area contributed by atoms with Crippen LogP contribution in [0.1, 0.15) is 0 Å². The number of aromatic nitrogens is 3. The van der Waals surface area contributed by atoms with E-state index in [0.29, 0.717) is 5.65 Å². The maximum Gasteiger partial charge on any atom is 0.322 e. The number of pyridine rings is 1. The Morgan fingerprint density at radius 2 is 1.69 bits per heavy atom. The van der Waals surface area contributed by atoms with Gasteiger partial charge in [0.25, 0.3) is 5.91 Å². The first kappa shape index (κ1) is 15.8. The maximum atomic E-state index is 12.3. The average molecular weight is 344 g/mol. The SMILES string of the molecule is O=C(COc1nnc2ccccn12)Nc1ccccc1-c1ccccc1. The van der Waals surface area contributed by atoms with Gasteiger partial charge in [-0.05, 0) is 23.8 Å². The van der Waals surface area contributed by atoms with Crippen molar-refractivity contribution in [3.05, 3.63) is 79.0 Å². The molecular weight excluding hydrogens is 328 g/mol. The van der Waals surface area contributed by atoms with Crippen molar-refractivity contribution in [1.82, 2.24) is 14.6 Å². The van der Waals surface area contributed by atoms with Gasteiger partial charge in [0.2, 0.25) is 0 Å². The first-order valence-electron chi connectivity index (χ1n) is 8.18. The summed E-state index contributed by atoms with van der Waals surface area (Å²) in [4.78, 5) is 12.3. The molecule has 0 saturated carbocycles. The summed E-state index contributed by atoms with van der Waals surface area (Å²) in [5.74, 6) is -0.263. The van der Waals surface area contributed by atoms with Crippen LogP contribution in [-0.2, 0) is 4.79 Å². The van der Waals surface area contributed by atoms with Gasteiger partial charge in [-0.1, -0.05) is 59.7 Å². The summed E-state index contributed by atoms with van der Waals surface area (Å²) in [7, 11) is 0. The van der Waals surface area contributed by atoms with E-state index in [1.54, 1.807) is 10.6 Å². The highest BCUT2D eigenvalue weighted by Crippen LogP contribution is 2.27. The predicted octanol–water partition coefficient (Wildman–Crippen LogP) is 3.41. The third-order valence-electron chi connectivity index (χ3n) is 3.90. The van der Waals surface area contributed by atoms with Crippen LogP contribution in [0.5, 0.6) is 6.01 Å². The standard InChI is InChI=1S/C20H16N4O2/c25-19(14-26-20-23-22-18-12-6-7-13-24(18)20)21-17-11-5-4-10-16(17)15-8-2-1-3-9-15/h1-13H,14H2,(H,21,25). The van der Waals surface area contributed by atoms with Crippen LogP contribution in [0.4, 0.5) is 5.69 Å². The zero-order chi connectivity index (χ0) is 17.8. The predicted molar refractivity (Wildman–Crippen MR) is 99.0 cm³/mol. The van der Waals surface area contributed by atoms with E-state index in [1.165, 1.54) is 0 Å². The zero-order valence-electron chi connectivity index (χ0n) is 13.9. The number of fused-ring (bicyclic) bond motifs is 1. The molecule has 0 fully saturated rings. The van der Waals surface area contributed by atoms with Gasteiger partial charge in [0.1, 0.15) is 0 Å². The molecule has 2 heterocycles. The van der Waals surface area contributed by atoms with Crippen LogP contribution in [0.2, 0.25) is 0 Å². The molecule has 4 aromatic rings. The number of hydrogen-bond donors (Lipinski definition) is 1. The van der Waals surface area contributed by atoms with Gasteiger partial charge in [-0.3, -0.25) is 9.20 Å². The second-order valence-electron chi connectivity index (χ2n) is 5.66. The van der Waals surface area contributed by atoms with E-state index in [-0.39, 0.29) is 18.5 Å². The van der Waals surface area contributed by atoms with Crippen LogP contribution in [-0.4, -0.2) is 27.1 Å². The maximum absolute atomic E-state index is 12.3. The fourth-order valence-electron chi connectivity index (χ4n) is 2.70. The Bertz CT molecular complexity index is 1040. The largest absolute Gasteiger partial charge is 0.453 e. The zero-order valence-corrected chi connectivity index (χ0v) is 13.9. The van der Waals surface area contributed by atoms with Crippen LogP contribution < -0.4 is 10.1 Å². The van der Waals surface area contributed by atoms with E-state index in [2.05, 4.69) is 15.5 Å². The number of benzene rings is 2. The number of anilines is 1. The number of para-hydroxylation sites is 1. The lowest BCUT2D eigenvalue weighted by Crippen LogP contribution is -2.21. The summed E-state index contributed by atoms with van der Waals surface area (Å²) in [5.41, 5.74) is 3.39. The first-order valence-corrected chi connectivity index (χ1v) is 8.18. The van der Waals surface area contributed by atoms with Gasteiger partial charge in [-0.25, -0.2) is 0 Å². The summed E-state index contributed by atoms with van der Waals surface area (Å²) in [6, 6.07) is 23.4. The lowest BCUT2D eigenvalue weighted by molar-refractivity contribution is -0.118.